The molecule has 0 saturated heterocycles. The van der Waals surface area contributed by atoms with Crippen LogP contribution in [0, 0.1) is 16.7 Å². The normalized spacial score (nSPS) is 11.6. The van der Waals surface area contributed by atoms with E-state index in [1.165, 1.54) is 19.3 Å². The van der Waals surface area contributed by atoms with Crippen molar-refractivity contribution in [2.75, 3.05) is 0 Å². The molecule has 2 nitrogen and oxygen atoms in total. The molecule has 0 aromatic heterocycles. The minimum Gasteiger partial charge on any atom is -0.542 e. The summed E-state index contributed by atoms with van der Waals surface area (Å²) in [6.07, 6.45) is 8.21. The van der Waals surface area contributed by atoms with Gasteiger partial charge in [0.1, 0.15) is 0 Å². The van der Waals surface area contributed by atoms with Crippen LogP contribution in [0.4, 0.5) is 0 Å². The molecular formula is C21H46O2Y-2. The van der Waals surface area contributed by atoms with Gasteiger partial charge in [0.2, 0.25) is 0 Å². The van der Waals surface area contributed by atoms with Crippen LogP contribution in [0.15, 0.2) is 0 Å². The van der Waals surface area contributed by atoms with Crippen molar-refractivity contribution in [2.45, 2.75) is 109 Å². The van der Waals surface area contributed by atoms with Gasteiger partial charge in [-0.2, -0.15) is 11.8 Å². The molecule has 147 valence electrons. The number of hydrogen-bond acceptors (Lipinski definition) is 2. The summed E-state index contributed by atoms with van der Waals surface area (Å²) < 4.78 is 0. The third kappa shape index (κ3) is 30.3. The number of hydrogen-bond donors (Lipinski definition) is 0. The largest absolute Gasteiger partial charge is 0.542 e. The second-order valence-electron chi connectivity index (χ2n) is 7.01. The average Bonchev–Trinajstić information content (AvgIpc) is 2.48. The number of carbonyl (C=O) groups excluding carboxylic acids is 2. The van der Waals surface area contributed by atoms with Crippen LogP contribution in [0.1, 0.15) is 109 Å². The summed E-state index contributed by atoms with van der Waals surface area (Å²) in [6, 6.07) is 0. The Morgan fingerprint density at radius 1 is 0.833 bits per heavy atom. The van der Waals surface area contributed by atoms with Gasteiger partial charge < -0.3 is 9.59 Å². The topological polar surface area (TPSA) is 34.1 Å². The zero-order valence-corrected chi connectivity index (χ0v) is 19.3. The third-order valence-corrected chi connectivity index (χ3v) is 4.22. The maximum Gasteiger partial charge on any atom is 0 e. The smallest absolute Gasteiger partial charge is 0 e. The maximum absolute atomic E-state index is 10.1. The first-order valence-corrected chi connectivity index (χ1v) is 8.32. The molecule has 0 aliphatic heterocycles. The van der Waals surface area contributed by atoms with Crippen molar-refractivity contribution in [2.24, 2.45) is 16.7 Å². The quantitative estimate of drug-likeness (QED) is 0.410. The van der Waals surface area contributed by atoms with Gasteiger partial charge in [0, 0.05) is 32.7 Å². The van der Waals surface area contributed by atoms with Crippen molar-refractivity contribution in [3.63, 3.8) is 0 Å². The fourth-order valence-corrected chi connectivity index (χ4v) is 0.643. The standard InChI is InChI=1S/C7H10O2.C7H16.C5H12.2CH4.Y/c1-3-7(2,6-9)4-5-8;1-5-7(3,4)6-2;1-4-5(2)3;;;/h3-4H2,1-2H3;5-6H2,1-4H3;5H,4H2,1-3H3;2*1H4;/q-2;;;;;. The van der Waals surface area contributed by atoms with Gasteiger partial charge in [-0.3, -0.25) is 12.6 Å². The van der Waals surface area contributed by atoms with Crippen LogP contribution in [0.5, 0.6) is 0 Å². The SMILES string of the molecule is C.C.CCC(C)(C)CC.CCC(C)([C-]=O)C[C-]=O.CCC(C)C.[Y]. The van der Waals surface area contributed by atoms with Gasteiger partial charge in [-0.05, 0) is 11.3 Å². The Labute approximate surface area is 180 Å². The van der Waals surface area contributed by atoms with Crippen molar-refractivity contribution in [1.82, 2.24) is 0 Å². The molecule has 0 saturated carbocycles. The molecule has 24 heavy (non-hydrogen) atoms. The second-order valence-corrected chi connectivity index (χ2v) is 7.01. The first-order valence-electron chi connectivity index (χ1n) is 8.32. The van der Waals surface area contributed by atoms with Gasteiger partial charge >= 0.3 is 0 Å². The summed E-state index contributed by atoms with van der Waals surface area (Å²) in [4.78, 5) is 20.0. The zero-order chi connectivity index (χ0) is 17.5. The molecule has 3 heteroatoms. The van der Waals surface area contributed by atoms with E-state index in [2.05, 4.69) is 48.5 Å². The Morgan fingerprint density at radius 2 is 1.17 bits per heavy atom. The molecule has 0 N–H and O–H groups in total. The molecule has 0 aromatic rings. The van der Waals surface area contributed by atoms with Crippen LogP contribution < -0.4 is 0 Å². The van der Waals surface area contributed by atoms with Crippen LogP contribution in [-0.2, 0) is 42.3 Å². The molecule has 0 aliphatic rings. The molecule has 0 amide bonds. The van der Waals surface area contributed by atoms with Gasteiger partial charge in [-0.25, -0.2) is 0 Å². The van der Waals surface area contributed by atoms with Crippen molar-refractivity contribution >= 4 is 12.6 Å². The predicted octanol–water partition coefficient (Wildman–Crippen LogP) is 7.17. The summed E-state index contributed by atoms with van der Waals surface area (Å²) in [5.41, 5.74) is -0.0122. The van der Waals surface area contributed by atoms with Crippen LogP contribution >= 0.6 is 0 Å². The minimum atomic E-state index is -0.595. The van der Waals surface area contributed by atoms with E-state index in [-0.39, 0.29) is 54.0 Å². The van der Waals surface area contributed by atoms with Crippen LogP contribution in [0.3, 0.4) is 0 Å². The van der Waals surface area contributed by atoms with Crippen molar-refractivity contribution in [1.29, 1.82) is 0 Å². The fraction of sp³-hybridized carbons (Fsp3) is 0.905. The van der Waals surface area contributed by atoms with Gasteiger partial charge in [0.05, 0.1) is 0 Å². The van der Waals surface area contributed by atoms with Crippen LogP contribution in [0.2, 0.25) is 0 Å². The predicted molar refractivity (Wildman–Crippen MR) is 107 cm³/mol. The van der Waals surface area contributed by atoms with Crippen molar-refractivity contribution in [3.8, 4) is 0 Å². The van der Waals surface area contributed by atoms with E-state index in [0.717, 1.165) is 5.92 Å². The van der Waals surface area contributed by atoms with Crippen molar-refractivity contribution in [3.05, 3.63) is 0 Å². The van der Waals surface area contributed by atoms with E-state index >= 15 is 0 Å². The Kier molecular flexibility index (Phi) is 38.6. The first kappa shape index (κ1) is 39.5. The zero-order valence-electron chi connectivity index (χ0n) is 16.5. The molecule has 0 rings (SSSR count). The Bertz CT molecular complexity index is 244. The molecule has 1 atom stereocenters. The summed E-state index contributed by atoms with van der Waals surface area (Å²) in [5.74, 6) is 0.884. The van der Waals surface area contributed by atoms with E-state index in [1.807, 2.05) is 13.2 Å². The number of rotatable bonds is 7. The molecule has 1 unspecified atom stereocenters. The fourth-order valence-electron chi connectivity index (χ4n) is 0.643. The molecular weight excluding hydrogens is 373 g/mol. The molecule has 0 heterocycles. The molecule has 0 aliphatic carbocycles. The van der Waals surface area contributed by atoms with Crippen LogP contribution in [0.25, 0.3) is 0 Å². The molecule has 0 fully saturated rings. The van der Waals surface area contributed by atoms with Gasteiger partial charge in [0.15, 0.2) is 0 Å². The molecule has 1 radical (unpaired) electrons. The molecule has 0 aromatic carbocycles. The first-order chi connectivity index (χ1) is 9.57. The van der Waals surface area contributed by atoms with Gasteiger partial charge in [-0.15, -0.1) is 0 Å². The molecule has 0 spiro atoms. The Balaban J connectivity index is -0.0000000494. The third-order valence-electron chi connectivity index (χ3n) is 4.22. The van der Waals surface area contributed by atoms with Gasteiger partial charge in [-0.1, -0.05) is 103 Å². The summed E-state index contributed by atoms with van der Waals surface area (Å²) in [6.45, 7) is 19.3. The molecule has 0 bridgehead atoms. The minimum absolute atomic E-state index is 0. The van der Waals surface area contributed by atoms with E-state index in [1.54, 1.807) is 13.2 Å². The maximum atomic E-state index is 10.1. The average molecular weight is 420 g/mol. The van der Waals surface area contributed by atoms with E-state index in [9.17, 15) is 9.59 Å². The second kappa shape index (κ2) is 23.4. The van der Waals surface area contributed by atoms with Crippen LogP contribution in [-0.4, -0.2) is 12.6 Å². The Hall–Kier alpha value is 0.444. The van der Waals surface area contributed by atoms with Crippen molar-refractivity contribution < 1.29 is 42.3 Å². The van der Waals surface area contributed by atoms with E-state index in [4.69, 9.17) is 0 Å². The monoisotopic (exact) mass is 419 g/mol. The van der Waals surface area contributed by atoms with Gasteiger partial charge in [0.25, 0.3) is 0 Å². The Morgan fingerprint density at radius 3 is 1.21 bits per heavy atom. The van der Waals surface area contributed by atoms with E-state index in [0.29, 0.717) is 11.8 Å². The summed E-state index contributed by atoms with van der Waals surface area (Å²) in [5, 5.41) is 0. The van der Waals surface area contributed by atoms with E-state index < -0.39 is 5.41 Å². The summed E-state index contributed by atoms with van der Waals surface area (Å²) in [7, 11) is 0. The summed E-state index contributed by atoms with van der Waals surface area (Å²) >= 11 is 0.